The van der Waals surface area contributed by atoms with Crippen LogP contribution in [0.3, 0.4) is 0 Å². The van der Waals surface area contributed by atoms with Crippen molar-refractivity contribution < 1.29 is 14.3 Å². The zero-order chi connectivity index (χ0) is 13.1. The molecule has 0 aromatic heterocycles. The summed E-state index contributed by atoms with van der Waals surface area (Å²) in [7, 11) is 0. The predicted octanol–water partition coefficient (Wildman–Crippen LogP) is 2.03. The largest absolute Gasteiger partial charge is 0.444 e. The van der Waals surface area contributed by atoms with E-state index in [1.54, 1.807) is 20.8 Å². The van der Waals surface area contributed by atoms with Crippen molar-refractivity contribution in [3.05, 3.63) is 0 Å². The minimum atomic E-state index is -0.709. The molecule has 4 nitrogen and oxygen atoms in total. The number of rotatable bonds is 4. The SMILES string of the molecule is C#CCCC(=O)C1(NC(=O)OC(C)(C)C)CC1. The van der Waals surface area contributed by atoms with E-state index < -0.39 is 17.2 Å². The predicted molar refractivity (Wildman–Crippen MR) is 64.4 cm³/mol. The van der Waals surface area contributed by atoms with Gasteiger partial charge in [-0.3, -0.25) is 4.79 Å². The van der Waals surface area contributed by atoms with E-state index in [2.05, 4.69) is 11.2 Å². The molecule has 1 aliphatic rings. The van der Waals surface area contributed by atoms with Crippen molar-refractivity contribution in [2.45, 2.75) is 57.6 Å². The van der Waals surface area contributed by atoms with Crippen LogP contribution in [0.5, 0.6) is 0 Å². The number of ether oxygens (including phenoxy) is 1. The van der Waals surface area contributed by atoms with Crippen molar-refractivity contribution in [1.29, 1.82) is 0 Å². The van der Waals surface area contributed by atoms with E-state index in [9.17, 15) is 9.59 Å². The number of hydrogen-bond acceptors (Lipinski definition) is 3. The number of alkyl carbamates (subject to hydrolysis) is 1. The normalized spacial score (nSPS) is 16.8. The van der Waals surface area contributed by atoms with Gasteiger partial charge in [0.05, 0.1) is 0 Å². The maximum absolute atomic E-state index is 11.8. The van der Waals surface area contributed by atoms with Crippen molar-refractivity contribution in [2.24, 2.45) is 0 Å². The molecule has 1 aliphatic carbocycles. The van der Waals surface area contributed by atoms with Crippen LogP contribution in [0.2, 0.25) is 0 Å². The number of hydrogen-bond donors (Lipinski definition) is 1. The molecule has 0 atom stereocenters. The van der Waals surface area contributed by atoms with Gasteiger partial charge < -0.3 is 10.1 Å². The van der Waals surface area contributed by atoms with Crippen LogP contribution in [0.1, 0.15) is 46.5 Å². The highest BCUT2D eigenvalue weighted by Gasteiger charge is 2.50. The summed E-state index contributed by atoms with van der Waals surface area (Å²) in [6, 6.07) is 0. The number of carbonyl (C=O) groups excluding carboxylic acids is 2. The van der Waals surface area contributed by atoms with Crippen molar-refractivity contribution >= 4 is 11.9 Å². The van der Waals surface area contributed by atoms with E-state index >= 15 is 0 Å². The zero-order valence-corrected chi connectivity index (χ0v) is 10.6. The first kappa shape index (κ1) is 13.6. The molecular weight excluding hydrogens is 218 g/mol. The molecule has 17 heavy (non-hydrogen) atoms. The Labute approximate surface area is 102 Å². The monoisotopic (exact) mass is 237 g/mol. The Morgan fingerprint density at radius 3 is 2.41 bits per heavy atom. The molecule has 0 saturated heterocycles. The molecule has 0 bridgehead atoms. The van der Waals surface area contributed by atoms with Crippen LogP contribution in [0.15, 0.2) is 0 Å². The number of ketones is 1. The fourth-order valence-electron chi connectivity index (χ4n) is 1.52. The van der Waals surface area contributed by atoms with Crippen LogP contribution < -0.4 is 5.32 Å². The fraction of sp³-hybridized carbons (Fsp3) is 0.692. The van der Waals surface area contributed by atoms with Gasteiger partial charge in [-0.1, -0.05) is 0 Å². The van der Waals surface area contributed by atoms with Crippen LogP contribution in [-0.2, 0) is 9.53 Å². The molecule has 1 N–H and O–H groups in total. The summed E-state index contributed by atoms with van der Waals surface area (Å²) in [5, 5.41) is 2.65. The summed E-state index contributed by atoms with van der Waals surface area (Å²) in [4.78, 5) is 23.4. The summed E-state index contributed by atoms with van der Waals surface area (Å²) in [6.45, 7) is 5.35. The van der Waals surface area contributed by atoms with Crippen molar-refractivity contribution in [3.8, 4) is 12.3 Å². The van der Waals surface area contributed by atoms with Crippen LogP contribution >= 0.6 is 0 Å². The lowest BCUT2D eigenvalue weighted by atomic mass is 10.1. The van der Waals surface area contributed by atoms with Gasteiger partial charge >= 0.3 is 6.09 Å². The van der Waals surface area contributed by atoms with E-state index in [1.165, 1.54) is 0 Å². The Kier molecular flexibility index (Phi) is 3.82. The van der Waals surface area contributed by atoms with Crippen molar-refractivity contribution in [2.75, 3.05) is 0 Å². The Morgan fingerprint density at radius 1 is 1.41 bits per heavy atom. The molecule has 0 aromatic carbocycles. The standard InChI is InChI=1S/C13H19NO3/c1-5-6-7-10(15)13(8-9-13)14-11(16)17-12(2,3)4/h1H,6-9H2,2-4H3,(H,14,16). The lowest BCUT2D eigenvalue weighted by Gasteiger charge is -2.22. The number of terminal acetylenes is 1. The number of amides is 1. The highest BCUT2D eigenvalue weighted by atomic mass is 16.6. The maximum atomic E-state index is 11.8. The Balaban J connectivity index is 2.48. The second kappa shape index (κ2) is 4.79. The van der Waals surface area contributed by atoms with E-state index in [0.717, 1.165) is 0 Å². The molecular formula is C13H19NO3. The minimum absolute atomic E-state index is 0.00121. The van der Waals surface area contributed by atoms with E-state index in [-0.39, 0.29) is 5.78 Å². The van der Waals surface area contributed by atoms with E-state index in [1.807, 2.05) is 0 Å². The van der Waals surface area contributed by atoms with Gasteiger partial charge in [0.1, 0.15) is 11.1 Å². The average Bonchev–Trinajstić information content (AvgIpc) is 2.91. The molecule has 0 aromatic rings. The Morgan fingerprint density at radius 2 is 2.00 bits per heavy atom. The first-order chi connectivity index (χ1) is 7.79. The third kappa shape index (κ3) is 4.10. The second-order valence-corrected chi connectivity index (χ2v) is 5.34. The first-order valence-electron chi connectivity index (χ1n) is 5.77. The molecule has 0 radical (unpaired) electrons. The maximum Gasteiger partial charge on any atom is 0.408 e. The van der Waals surface area contributed by atoms with Crippen LogP contribution in [0.4, 0.5) is 4.79 Å². The van der Waals surface area contributed by atoms with Crippen molar-refractivity contribution in [3.63, 3.8) is 0 Å². The van der Waals surface area contributed by atoms with Gasteiger partial charge in [-0.25, -0.2) is 4.79 Å². The molecule has 0 aliphatic heterocycles. The average molecular weight is 237 g/mol. The molecule has 0 heterocycles. The zero-order valence-electron chi connectivity index (χ0n) is 10.6. The Hall–Kier alpha value is -1.50. The topological polar surface area (TPSA) is 55.4 Å². The molecule has 94 valence electrons. The van der Waals surface area contributed by atoms with Gasteiger partial charge in [0.25, 0.3) is 0 Å². The smallest absolute Gasteiger partial charge is 0.408 e. The highest BCUT2D eigenvalue weighted by molar-refractivity contribution is 5.94. The van der Waals surface area contributed by atoms with Crippen LogP contribution in [0.25, 0.3) is 0 Å². The van der Waals surface area contributed by atoms with Gasteiger partial charge in [0, 0.05) is 12.8 Å². The van der Waals surface area contributed by atoms with Gasteiger partial charge in [-0.05, 0) is 33.6 Å². The molecule has 1 saturated carbocycles. The quantitative estimate of drug-likeness (QED) is 0.761. The molecule has 0 spiro atoms. The second-order valence-electron chi connectivity index (χ2n) is 5.34. The number of carbonyl (C=O) groups is 2. The third-order valence-corrected chi connectivity index (χ3v) is 2.52. The molecule has 0 unspecified atom stereocenters. The summed E-state index contributed by atoms with van der Waals surface area (Å²) in [5.74, 6) is 2.43. The minimum Gasteiger partial charge on any atom is -0.444 e. The van der Waals surface area contributed by atoms with E-state index in [4.69, 9.17) is 11.2 Å². The van der Waals surface area contributed by atoms with Gasteiger partial charge in [0.15, 0.2) is 5.78 Å². The van der Waals surface area contributed by atoms with Gasteiger partial charge in [-0.15, -0.1) is 12.3 Å². The highest BCUT2D eigenvalue weighted by Crippen LogP contribution is 2.37. The molecule has 1 amide bonds. The van der Waals surface area contributed by atoms with Crippen LogP contribution in [-0.4, -0.2) is 23.0 Å². The lowest BCUT2D eigenvalue weighted by molar-refractivity contribution is -0.122. The van der Waals surface area contributed by atoms with E-state index in [0.29, 0.717) is 25.7 Å². The van der Waals surface area contributed by atoms with Gasteiger partial charge in [0.2, 0.25) is 0 Å². The summed E-state index contributed by atoms with van der Waals surface area (Å²) in [5.41, 5.74) is -1.26. The Bertz CT molecular complexity index is 356. The molecule has 1 fully saturated rings. The first-order valence-corrected chi connectivity index (χ1v) is 5.77. The summed E-state index contributed by atoms with van der Waals surface area (Å²) < 4.78 is 5.13. The lowest BCUT2D eigenvalue weighted by Crippen LogP contribution is -2.45. The van der Waals surface area contributed by atoms with Gasteiger partial charge in [-0.2, -0.15) is 0 Å². The fourth-order valence-corrected chi connectivity index (χ4v) is 1.52. The molecule has 4 heteroatoms. The third-order valence-electron chi connectivity index (χ3n) is 2.52. The van der Waals surface area contributed by atoms with Crippen LogP contribution in [0, 0.1) is 12.3 Å². The summed E-state index contributed by atoms with van der Waals surface area (Å²) in [6.07, 6.45) is 6.65. The number of Topliss-reactive ketones (excluding diaryl/α,β-unsaturated/α-hetero) is 1. The number of nitrogens with one attached hydrogen (secondary N) is 1. The molecule has 1 rings (SSSR count). The van der Waals surface area contributed by atoms with Crippen molar-refractivity contribution in [1.82, 2.24) is 5.32 Å². The summed E-state index contributed by atoms with van der Waals surface area (Å²) >= 11 is 0.